The second kappa shape index (κ2) is 5.24. The Labute approximate surface area is 138 Å². The molecule has 1 N–H and O–H groups in total. The van der Waals surface area contributed by atoms with Crippen molar-refractivity contribution in [3.63, 3.8) is 0 Å². The van der Waals surface area contributed by atoms with Gasteiger partial charge in [0.1, 0.15) is 11.6 Å². The third-order valence-electron chi connectivity index (χ3n) is 4.99. The lowest BCUT2D eigenvalue weighted by atomic mass is 9.93. The van der Waals surface area contributed by atoms with Crippen LogP contribution in [-0.4, -0.2) is 45.0 Å². The van der Waals surface area contributed by atoms with Gasteiger partial charge < -0.3 is 10.2 Å². The minimum Gasteiger partial charge on any atom is -0.349 e. The molecule has 2 unspecified atom stereocenters. The van der Waals surface area contributed by atoms with E-state index in [4.69, 9.17) is 5.10 Å². The fourth-order valence-electron chi connectivity index (χ4n) is 3.70. The molecule has 6 nitrogen and oxygen atoms in total. The van der Waals surface area contributed by atoms with E-state index in [-0.39, 0.29) is 5.82 Å². The van der Waals surface area contributed by atoms with E-state index in [1.807, 2.05) is 12.1 Å². The highest BCUT2D eigenvalue weighted by Gasteiger charge is 2.34. The van der Waals surface area contributed by atoms with Crippen LogP contribution in [0.15, 0.2) is 36.4 Å². The van der Waals surface area contributed by atoms with Crippen LogP contribution in [0.1, 0.15) is 12.8 Å². The zero-order chi connectivity index (χ0) is 16.1. The van der Waals surface area contributed by atoms with Crippen LogP contribution >= 0.6 is 0 Å². The summed E-state index contributed by atoms with van der Waals surface area (Å²) >= 11 is 0. The quantitative estimate of drug-likeness (QED) is 0.780. The van der Waals surface area contributed by atoms with Gasteiger partial charge in [0.25, 0.3) is 0 Å². The molecule has 3 saturated heterocycles. The van der Waals surface area contributed by atoms with Crippen molar-refractivity contribution in [1.82, 2.24) is 25.1 Å². The van der Waals surface area contributed by atoms with E-state index in [0.29, 0.717) is 23.6 Å². The highest BCUT2D eigenvalue weighted by molar-refractivity contribution is 5.59. The average Bonchev–Trinajstić information content (AvgIpc) is 3.06. The summed E-state index contributed by atoms with van der Waals surface area (Å²) in [6.45, 7) is 1.99. The number of nitrogens with zero attached hydrogens (tertiary/aromatic N) is 5. The Hall–Kier alpha value is -2.54. The average molecular weight is 324 g/mol. The number of hydrogen-bond donors (Lipinski definition) is 1. The summed E-state index contributed by atoms with van der Waals surface area (Å²) in [4.78, 5) is 2.37. The summed E-state index contributed by atoms with van der Waals surface area (Å²) in [6, 6.07) is 11.2. The Kier molecular flexibility index (Phi) is 3.02. The van der Waals surface area contributed by atoms with Gasteiger partial charge in [-0.1, -0.05) is 0 Å². The number of aromatic nitrogens is 4. The molecule has 1 aromatic carbocycles. The van der Waals surface area contributed by atoms with Gasteiger partial charge in [0.2, 0.25) is 0 Å². The Morgan fingerprint density at radius 2 is 1.92 bits per heavy atom. The van der Waals surface area contributed by atoms with Gasteiger partial charge in [0.15, 0.2) is 11.5 Å². The van der Waals surface area contributed by atoms with E-state index in [1.54, 1.807) is 16.6 Å². The van der Waals surface area contributed by atoms with Crippen LogP contribution in [0.3, 0.4) is 0 Å². The first-order chi connectivity index (χ1) is 11.8. The number of benzene rings is 1. The van der Waals surface area contributed by atoms with Crippen LogP contribution in [0, 0.1) is 5.82 Å². The van der Waals surface area contributed by atoms with Gasteiger partial charge in [0, 0.05) is 30.7 Å². The molecule has 7 heteroatoms. The number of fused-ring (bicyclic) bond motifs is 4. The molecule has 122 valence electrons. The topological polar surface area (TPSA) is 58.4 Å². The fraction of sp³-hybridized carbons (Fsp3) is 0.353. The number of anilines is 1. The van der Waals surface area contributed by atoms with Gasteiger partial charge in [-0.25, -0.2) is 4.39 Å². The molecule has 6 rings (SSSR count). The van der Waals surface area contributed by atoms with Gasteiger partial charge in [-0.2, -0.15) is 4.52 Å². The van der Waals surface area contributed by atoms with Crippen molar-refractivity contribution in [2.45, 2.75) is 24.9 Å². The zero-order valence-electron chi connectivity index (χ0n) is 13.1. The number of piperidine rings is 2. The number of hydrogen-bond acceptors (Lipinski definition) is 5. The third-order valence-corrected chi connectivity index (χ3v) is 4.99. The lowest BCUT2D eigenvalue weighted by Gasteiger charge is -2.46. The monoisotopic (exact) mass is 324 g/mol. The molecule has 0 radical (unpaired) electrons. The van der Waals surface area contributed by atoms with Crippen LogP contribution in [0.2, 0.25) is 0 Å². The van der Waals surface area contributed by atoms with E-state index in [1.165, 1.54) is 25.0 Å². The maximum Gasteiger partial charge on any atom is 0.185 e. The standard InChI is InChI=1S/C17H17FN6/c18-12-3-1-11(2-4-12)17-21-20-15-7-8-16(22-24(15)17)23-10-13-5-6-14(23)9-19-13/h1-4,7-8,13-14,19H,5-6,9-10H2. The molecule has 0 aliphatic carbocycles. The minimum atomic E-state index is -0.266. The number of rotatable bonds is 2. The summed E-state index contributed by atoms with van der Waals surface area (Å²) in [5, 5.41) is 16.7. The van der Waals surface area contributed by atoms with Crippen molar-refractivity contribution in [2.75, 3.05) is 18.0 Å². The highest BCUT2D eigenvalue weighted by Crippen LogP contribution is 2.27. The van der Waals surface area contributed by atoms with E-state index < -0.39 is 0 Å². The Bertz CT molecular complexity index is 882. The van der Waals surface area contributed by atoms with Crippen molar-refractivity contribution < 1.29 is 4.39 Å². The molecule has 5 heterocycles. The highest BCUT2D eigenvalue weighted by atomic mass is 19.1. The van der Waals surface area contributed by atoms with Gasteiger partial charge in [-0.15, -0.1) is 15.3 Å². The molecule has 3 aliphatic heterocycles. The van der Waals surface area contributed by atoms with Gasteiger partial charge in [-0.05, 0) is 49.2 Å². The van der Waals surface area contributed by atoms with Crippen LogP contribution in [0.4, 0.5) is 10.2 Å². The first-order valence-electron chi connectivity index (χ1n) is 8.26. The predicted molar refractivity (Wildman–Crippen MR) is 88.3 cm³/mol. The molecule has 3 aliphatic rings. The lowest BCUT2D eigenvalue weighted by molar-refractivity contribution is 0.288. The largest absolute Gasteiger partial charge is 0.349 e. The molecule has 0 spiro atoms. The van der Waals surface area contributed by atoms with E-state index in [0.717, 1.165) is 24.5 Å². The first kappa shape index (κ1) is 13.9. The molecule has 2 atom stereocenters. The van der Waals surface area contributed by atoms with Crippen molar-refractivity contribution in [1.29, 1.82) is 0 Å². The van der Waals surface area contributed by atoms with Gasteiger partial charge in [0.05, 0.1) is 0 Å². The van der Waals surface area contributed by atoms with E-state index in [2.05, 4.69) is 20.4 Å². The SMILES string of the molecule is Fc1ccc(-c2nnc3ccc(N4CC5CCC4CN5)nn23)cc1. The number of halogens is 1. The molecule has 24 heavy (non-hydrogen) atoms. The maximum absolute atomic E-state index is 13.2. The second-order valence-corrected chi connectivity index (χ2v) is 6.48. The molecule has 3 aromatic rings. The van der Waals surface area contributed by atoms with Gasteiger partial charge in [-0.3, -0.25) is 0 Å². The van der Waals surface area contributed by atoms with E-state index >= 15 is 0 Å². The van der Waals surface area contributed by atoms with Crippen molar-refractivity contribution >= 4 is 11.5 Å². The van der Waals surface area contributed by atoms with Gasteiger partial charge >= 0.3 is 0 Å². The molecule has 3 fully saturated rings. The molecule has 0 saturated carbocycles. The normalized spacial score (nSPS) is 23.1. The van der Waals surface area contributed by atoms with Crippen LogP contribution < -0.4 is 10.2 Å². The second-order valence-electron chi connectivity index (χ2n) is 6.48. The van der Waals surface area contributed by atoms with Crippen molar-refractivity contribution in [3.05, 3.63) is 42.2 Å². The van der Waals surface area contributed by atoms with Crippen LogP contribution in [0.5, 0.6) is 0 Å². The summed E-state index contributed by atoms with van der Waals surface area (Å²) in [5.74, 6) is 1.31. The number of piperazine rings is 1. The summed E-state index contributed by atoms with van der Waals surface area (Å²) < 4.78 is 14.9. The summed E-state index contributed by atoms with van der Waals surface area (Å²) in [7, 11) is 0. The first-order valence-corrected chi connectivity index (χ1v) is 8.26. The Balaban J connectivity index is 1.57. The zero-order valence-corrected chi connectivity index (χ0v) is 13.1. The third kappa shape index (κ3) is 2.16. The lowest BCUT2D eigenvalue weighted by Crippen LogP contribution is -2.61. The minimum absolute atomic E-state index is 0.266. The molecular formula is C17H17FN6. The van der Waals surface area contributed by atoms with Crippen molar-refractivity contribution in [2.24, 2.45) is 0 Å². The van der Waals surface area contributed by atoms with Crippen LogP contribution in [-0.2, 0) is 0 Å². The Morgan fingerprint density at radius 3 is 2.62 bits per heavy atom. The maximum atomic E-state index is 13.2. The predicted octanol–water partition coefficient (Wildman–Crippen LogP) is 1.87. The summed E-state index contributed by atoms with van der Waals surface area (Å²) in [5.41, 5.74) is 1.49. The molecular weight excluding hydrogens is 307 g/mol. The van der Waals surface area contributed by atoms with E-state index in [9.17, 15) is 4.39 Å². The fourth-order valence-corrected chi connectivity index (χ4v) is 3.70. The summed E-state index contributed by atoms with van der Waals surface area (Å²) in [6.07, 6.45) is 2.43. The van der Waals surface area contributed by atoms with Crippen LogP contribution in [0.25, 0.3) is 17.0 Å². The molecule has 0 amide bonds. The van der Waals surface area contributed by atoms with Crippen molar-refractivity contribution in [3.8, 4) is 11.4 Å². The smallest absolute Gasteiger partial charge is 0.185 e. The number of nitrogens with one attached hydrogen (secondary N) is 1. The Morgan fingerprint density at radius 1 is 1.04 bits per heavy atom. The molecule has 2 bridgehead atoms. The molecule has 2 aromatic heterocycles.